The van der Waals surface area contributed by atoms with Gasteiger partial charge in [0, 0.05) is 13.2 Å². The number of fused-ring (bicyclic) bond motifs is 1. The van der Waals surface area contributed by atoms with E-state index in [1.54, 1.807) is 5.57 Å². The lowest BCUT2D eigenvalue weighted by Gasteiger charge is -2.49. The molecule has 2 rings (SSSR count). The number of rotatable bonds is 7. The van der Waals surface area contributed by atoms with Crippen LogP contribution < -0.4 is 0 Å². The minimum atomic E-state index is -1.71. The van der Waals surface area contributed by atoms with Crippen molar-refractivity contribution in [1.29, 1.82) is 0 Å². The molecule has 2 saturated carbocycles. The van der Waals surface area contributed by atoms with E-state index in [9.17, 15) is 0 Å². The van der Waals surface area contributed by atoms with Crippen LogP contribution in [0.5, 0.6) is 0 Å². The molecule has 4 atom stereocenters. The summed E-state index contributed by atoms with van der Waals surface area (Å²) in [5.41, 5.74) is 2.01. The Labute approximate surface area is 177 Å². The van der Waals surface area contributed by atoms with Gasteiger partial charge in [0.25, 0.3) is 0 Å². The van der Waals surface area contributed by atoms with Gasteiger partial charge in [-0.25, -0.2) is 0 Å². The largest absolute Gasteiger partial charge is 0.414 e. The topological polar surface area (TPSA) is 18.5 Å². The summed E-state index contributed by atoms with van der Waals surface area (Å²) in [4.78, 5) is 0. The fraction of sp³-hybridized carbons (Fsp3) is 0.920. The van der Waals surface area contributed by atoms with Crippen LogP contribution in [0, 0.1) is 17.3 Å². The molecular formula is C25H48O2Si. The summed E-state index contributed by atoms with van der Waals surface area (Å²) in [6.07, 6.45) is 11.8. The monoisotopic (exact) mass is 408 g/mol. The number of methoxy groups -OCH3 is 1. The van der Waals surface area contributed by atoms with Crippen LogP contribution in [0.25, 0.3) is 0 Å². The molecule has 0 amide bonds. The van der Waals surface area contributed by atoms with E-state index in [0.29, 0.717) is 16.6 Å². The molecule has 2 fully saturated rings. The molecular weight excluding hydrogens is 360 g/mol. The zero-order valence-electron chi connectivity index (χ0n) is 20.6. The summed E-state index contributed by atoms with van der Waals surface area (Å²) in [5, 5.41) is 0.294. The van der Waals surface area contributed by atoms with Crippen molar-refractivity contribution in [3.63, 3.8) is 0 Å². The van der Waals surface area contributed by atoms with Crippen LogP contribution in [0.3, 0.4) is 0 Å². The molecule has 0 spiro atoms. The lowest BCUT2D eigenvalue weighted by Crippen LogP contribution is -2.49. The molecule has 0 N–H and O–H groups in total. The Hall–Kier alpha value is -0.123. The fourth-order valence-corrected chi connectivity index (χ4v) is 6.85. The van der Waals surface area contributed by atoms with Gasteiger partial charge in [-0.1, -0.05) is 45.8 Å². The van der Waals surface area contributed by atoms with Gasteiger partial charge in [0.1, 0.15) is 0 Å². The van der Waals surface area contributed by atoms with Crippen molar-refractivity contribution in [3.05, 3.63) is 11.6 Å². The molecule has 28 heavy (non-hydrogen) atoms. The molecule has 0 saturated heterocycles. The van der Waals surface area contributed by atoms with Crippen molar-refractivity contribution in [2.45, 2.75) is 123 Å². The smallest absolute Gasteiger partial charge is 0.192 e. The summed E-state index contributed by atoms with van der Waals surface area (Å²) in [6.45, 7) is 21.3. The summed E-state index contributed by atoms with van der Waals surface area (Å²) in [6, 6.07) is 0. The first-order valence-electron chi connectivity index (χ1n) is 11.6. The van der Waals surface area contributed by atoms with E-state index in [1.807, 2.05) is 7.11 Å². The van der Waals surface area contributed by atoms with E-state index >= 15 is 0 Å². The van der Waals surface area contributed by atoms with Gasteiger partial charge in [0.2, 0.25) is 0 Å². The molecule has 0 aromatic rings. The average Bonchev–Trinajstić information content (AvgIpc) is 2.91. The standard InChI is InChI=1S/C25H48O2Si/c1-19(13-11-17-24(5,6)26-8)20-15-16-21-22(14-12-18-25(20,21)7)27-28(9,10)23(2,3)4/h13,20-22H,11-12,14-18H2,1-10H3/t20-,21+,22+,25-/m1/s1. The van der Waals surface area contributed by atoms with E-state index < -0.39 is 8.32 Å². The molecule has 2 nitrogen and oxygen atoms in total. The maximum atomic E-state index is 6.99. The normalized spacial score (nSPS) is 32.5. The first-order chi connectivity index (χ1) is 12.7. The number of hydrogen-bond acceptors (Lipinski definition) is 2. The van der Waals surface area contributed by atoms with Crippen LogP contribution in [-0.2, 0) is 9.16 Å². The highest BCUT2D eigenvalue weighted by Gasteiger charge is 2.53. The van der Waals surface area contributed by atoms with Crippen LogP contribution in [0.2, 0.25) is 18.1 Å². The van der Waals surface area contributed by atoms with Crippen LogP contribution >= 0.6 is 0 Å². The summed E-state index contributed by atoms with van der Waals surface area (Å²) < 4.78 is 12.6. The molecule has 0 radical (unpaired) electrons. The first-order valence-corrected chi connectivity index (χ1v) is 14.5. The average molecular weight is 409 g/mol. The Bertz CT molecular complexity index is 557. The predicted molar refractivity (Wildman–Crippen MR) is 124 cm³/mol. The summed E-state index contributed by atoms with van der Waals surface area (Å²) >= 11 is 0. The minimum absolute atomic E-state index is 0.0220. The van der Waals surface area contributed by atoms with Crippen molar-refractivity contribution in [2.24, 2.45) is 17.3 Å². The minimum Gasteiger partial charge on any atom is -0.414 e. The molecule has 0 aliphatic heterocycles. The Morgan fingerprint density at radius 3 is 2.32 bits per heavy atom. The van der Waals surface area contributed by atoms with E-state index in [4.69, 9.17) is 9.16 Å². The third-order valence-electron chi connectivity index (χ3n) is 8.63. The van der Waals surface area contributed by atoms with Gasteiger partial charge >= 0.3 is 0 Å². The van der Waals surface area contributed by atoms with Gasteiger partial charge < -0.3 is 9.16 Å². The maximum absolute atomic E-state index is 6.99. The van der Waals surface area contributed by atoms with Gasteiger partial charge in [0.15, 0.2) is 8.32 Å². The Morgan fingerprint density at radius 2 is 1.75 bits per heavy atom. The third kappa shape index (κ3) is 5.13. The van der Waals surface area contributed by atoms with Gasteiger partial charge in [-0.2, -0.15) is 0 Å². The second-order valence-electron chi connectivity index (χ2n) is 12.0. The molecule has 0 aromatic heterocycles. The van der Waals surface area contributed by atoms with Gasteiger partial charge in [-0.05, 0) is 94.7 Å². The van der Waals surface area contributed by atoms with Crippen LogP contribution in [-0.4, -0.2) is 27.1 Å². The second-order valence-corrected chi connectivity index (χ2v) is 16.8. The van der Waals surface area contributed by atoms with Crippen molar-refractivity contribution in [2.75, 3.05) is 7.11 Å². The number of allylic oxidation sites excluding steroid dienone is 2. The van der Waals surface area contributed by atoms with E-state index in [0.717, 1.165) is 24.7 Å². The molecule has 0 bridgehead atoms. The van der Waals surface area contributed by atoms with Gasteiger partial charge in [-0.3, -0.25) is 0 Å². The van der Waals surface area contributed by atoms with E-state index in [-0.39, 0.29) is 5.60 Å². The first kappa shape index (κ1) is 24.1. The zero-order valence-corrected chi connectivity index (χ0v) is 21.6. The molecule has 0 heterocycles. The molecule has 3 heteroatoms. The Balaban J connectivity index is 2.10. The molecule has 2 aliphatic carbocycles. The third-order valence-corrected chi connectivity index (χ3v) is 13.1. The fourth-order valence-electron chi connectivity index (χ4n) is 5.46. The Kier molecular flexibility index (Phi) is 7.37. The SMILES string of the molecule is COC(C)(C)CCC=C(C)[C@H]1CC[C@H]2[C@@H](O[Si](C)(C)C(C)(C)C)CCC[C@]12C. The highest BCUT2D eigenvalue weighted by Crippen LogP contribution is 2.59. The van der Waals surface area contributed by atoms with Crippen LogP contribution in [0.15, 0.2) is 11.6 Å². The predicted octanol–water partition coefficient (Wildman–Crippen LogP) is 7.74. The number of hydrogen-bond donors (Lipinski definition) is 0. The van der Waals surface area contributed by atoms with Gasteiger partial charge in [-0.15, -0.1) is 0 Å². The lowest BCUT2D eigenvalue weighted by molar-refractivity contribution is -0.00354. The molecule has 0 aromatic carbocycles. The second kappa shape index (κ2) is 8.55. The molecule has 164 valence electrons. The molecule has 0 unspecified atom stereocenters. The van der Waals surface area contributed by atoms with E-state index in [2.05, 4.69) is 67.6 Å². The highest BCUT2D eigenvalue weighted by molar-refractivity contribution is 6.74. The van der Waals surface area contributed by atoms with Crippen LogP contribution in [0.4, 0.5) is 0 Å². The summed E-state index contributed by atoms with van der Waals surface area (Å²) in [7, 11) is 0.114. The Morgan fingerprint density at radius 1 is 1.11 bits per heavy atom. The van der Waals surface area contributed by atoms with E-state index in [1.165, 1.54) is 32.1 Å². The maximum Gasteiger partial charge on any atom is 0.192 e. The quantitative estimate of drug-likeness (QED) is 0.317. The lowest BCUT2D eigenvalue weighted by atomic mass is 9.63. The van der Waals surface area contributed by atoms with Crippen molar-refractivity contribution in [3.8, 4) is 0 Å². The van der Waals surface area contributed by atoms with Crippen molar-refractivity contribution < 1.29 is 9.16 Å². The zero-order chi connectivity index (χ0) is 21.4. The summed E-state index contributed by atoms with van der Waals surface area (Å²) in [5.74, 6) is 1.47. The highest BCUT2D eigenvalue weighted by atomic mass is 28.4. The van der Waals surface area contributed by atoms with Crippen molar-refractivity contribution >= 4 is 8.32 Å². The molecule has 2 aliphatic rings. The number of ether oxygens (including phenoxy) is 1. The van der Waals surface area contributed by atoms with Crippen molar-refractivity contribution in [1.82, 2.24) is 0 Å². The van der Waals surface area contributed by atoms with Crippen LogP contribution in [0.1, 0.15) is 93.4 Å². The van der Waals surface area contributed by atoms with Gasteiger partial charge in [0.05, 0.1) is 5.60 Å².